The van der Waals surface area contributed by atoms with Crippen LogP contribution in [0.4, 0.5) is 0 Å². The lowest BCUT2D eigenvalue weighted by atomic mass is 10.3. The molecule has 0 heterocycles. The van der Waals surface area contributed by atoms with Gasteiger partial charge in [-0.15, -0.1) is 0 Å². The van der Waals surface area contributed by atoms with Gasteiger partial charge in [0, 0.05) is 11.4 Å². The average Bonchev–Trinajstić information content (AvgIpc) is 2.17. The minimum absolute atomic E-state index is 0.355. The van der Waals surface area contributed by atoms with E-state index in [9.17, 15) is 4.79 Å². The molecule has 0 radical (unpaired) electrons. The molecule has 0 unspecified atom stereocenters. The zero-order valence-corrected chi connectivity index (χ0v) is 8.58. The van der Waals surface area contributed by atoms with Gasteiger partial charge in [0.1, 0.15) is 0 Å². The minimum atomic E-state index is -0.373. The van der Waals surface area contributed by atoms with E-state index in [1.807, 2.05) is 6.92 Å². The first-order valence-electron chi connectivity index (χ1n) is 4.35. The van der Waals surface area contributed by atoms with Gasteiger partial charge in [0.15, 0.2) is 5.75 Å². The van der Waals surface area contributed by atoms with E-state index in [1.165, 1.54) is 0 Å². The van der Waals surface area contributed by atoms with Crippen LogP contribution in [0.5, 0.6) is 5.75 Å². The third-order valence-corrected chi connectivity index (χ3v) is 1.75. The summed E-state index contributed by atoms with van der Waals surface area (Å²) in [5.41, 5.74) is 0. The van der Waals surface area contributed by atoms with Crippen LogP contribution in [-0.4, -0.2) is 5.97 Å². The molecule has 4 heteroatoms. The van der Waals surface area contributed by atoms with Gasteiger partial charge in [0.2, 0.25) is 0 Å². The number of rotatable bonds is 4. The first-order chi connectivity index (χ1) is 6.72. The Hall–Kier alpha value is -1.22. The van der Waals surface area contributed by atoms with Gasteiger partial charge in [-0.1, -0.05) is 18.5 Å². The molecule has 1 aromatic carbocycles. The van der Waals surface area contributed by atoms with Crippen LogP contribution in [0.1, 0.15) is 19.8 Å². The van der Waals surface area contributed by atoms with Crippen molar-refractivity contribution in [1.82, 2.24) is 0 Å². The van der Waals surface area contributed by atoms with Crippen molar-refractivity contribution >= 4 is 17.6 Å². The second kappa shape index (κ2) is 5.50. The van der Waals surface area contributed by atoms with Crippen molar-refractivity contribution in [2.24, 2.45) is 0 Å². The highest BCUT2D eigenvalue weighted by molar-refractivity contribution is 6.30. The van der Waals surface area contributed by atoms with Crippen molar-refractivity contribution in [1.29, 1.82) is 0 Å². The molecule has 3 nitrogen and oxygen atoms in total. The summed E-state index contributed by atoms with van der Waals surface area (Å²) in [4.78, 5) is 20.2. The van der Waals surface area contributed by atoms with Crippen molar-refractivity contribution < 1.29 is 14.6 Å². The van der Waals surface area contributed by atoms with E-state index in [2.05, 4.69) is 4.89 Å². The van der Waals surface area contributed by atoms with Crippen LogP contribution in [0.15, 0.2) is 24.3 Å². The molecule has 0 saturated carbocycles. The van der Waals surface area contributed by atoms with Crippen molar-refractivity contribution in [3.63, 3.8) is 0 Å². The van der Waals surface area contributed by atoms with E-state index >= 15 is 0 Å². The molecule has 0 spiro atoms. The Bertz CT molecular complexity index is 295. The lowest BCUT2D eigenvalue weighted by Crippen LogP contribution is -2.06. The number of hydrogen-bond donors (Lipinski definition) is 0. The van der Waals surface area contributed by atoms with Crippen molar-refractivity contribution in [3.05, 3.63) is 29.3 Å². The lowest BCUT2D eigenvalue weighted by molar-refractivity contribution is -0.213. The normalized spacial score (nSPS) is 9.57. The second-order valence-corrected chi connectivity index (χ2v) is 3.18. The molecule has 1 rings (SSSR count). The van der Waals surface area contributed by atoms with E-state index in [1.54, 1.807) is 24.3 Å². The maximum atomic E-state index is 10.9. The SMILES string of the molecule is CCCC(=O)OOc1ccc(Cl)cc1. The fraction of sp³-hybridized carbons (Fsp3) is 0.300. The van der Waals surface area contributed by atoms with Crippen LogP contribution >= 0.6 is 11.6 Å². The molecule has 0 amide bonds. The quantitative estimate of drug-likeness (QED) is 0.571. The number of benzene rings is 1. The summed E-state index contributed by atoms with van der Waals surface area (Å²) in [6, 6.07) is 6.57. The topological polar surface area (TPSA) is 35.5 Å². The first-order valence-corrected chi connectivity index (χ1v) is 4.73. The van der Waals surface area contributed by atoms with Gasteiger partial charge in [-0.2, -0.15) is 0 Å². The maximum Gasteiger partial charge on any atom is 0.355 e. The van der Waals surface area contributed by atoms with Crippen LogP contribution in [0.3, 0.4) is 0 Å². The largest absolute Gasteiger partial charge is 0.355 e. The predicted octanol–water partition coefficient (Wildman–Crippen LogP) is 2.98. The Morgan fingerprint density at radius 3 is 2.57 bits per heavy atom. The summed E-state index contributed by atoms with van der Waals surface area (Å²) in [6.07, 6.45) is 1.09. The Kier molecular flexibility index (Phi) is 4.26. The number of carbonyl (C=O) groups excluding carboxylic acids is 1. The van der Waals surface area contributed by atoms with E-state index in [0.717, 1.165) is 6.42 Å². The Labute approximate surface area is 87.5 Å². The van der Waals surface area contributed by atoms with Crippen LogP contribution in [0.25, 0.3) is 0 Å². The van der Waals surface area contributed by atoms with E-state index in [-0.39, 0.29) is 5.97 Å². The Morgan fingerprint density at radius 2 is 2.00 bits per heavy atom. The molecule has 0 bridgehead atoms. The smallest absolute Gasteiger partial charge is 0.287 e. The summed E-state index contributed by atoms with van der Waals surface area (Å²) in [6.45, 7) is 1.89. The van der Waals surface area contributed by atoms with Crippen molar-refractivity contribution in [2.45, 2.75) is 19.8 Å². The summed E-state index contributed by atoms with van der Waals surface area (Å²) in [7, 11) is 0. The van der Waals surface area contributed by atoms with Crippen molar-refractivity contribution in [2.75, 3.05) is 0 Å². The molecule has 0 saturated heterocycles. The molecule has 0 N–H and O–H groups in total. The molecule has 0 atom stereocenters. The third-order valence-electron chi connectivity index (χ3n) is 1.50. The molecule has 14 heavy (non-hydrogen) atoms. The lowest BCUT2D eigenvalue weighted by Gasteiger charge is -2.03. The van der Waals surface area contributed by atoms with Crippen LogP contribution < -0.4 is 4.89 Å². The van der Waals surface area contributed by atoms with E-state index in [4.69, 9.17) is 16.5 Å². The van der Waals surface area contributed by atoms with Crippen LogP contribution in [-0.2, 0) is 9.68 Å². The molecule has 76 valence electrons. The zero-order valence-electron chi connectivity index (χ0n) is 7.83. The second-order valence-electron chi connectivity index (χ2n) is 2.74. The number of halogens is 1. The third kappa shape index (κ3) is 3.66. The highest BCUT2D eigenvalue weighted by Crippen LogP contribution is 2.15. The van der Waals surface area contributed by atoms with Gasteiger partial charge in [-0.25, -0.2) is 4.79 Å². The molecular formula is C10H11ClO3. The fourth-order valence-electron chi connectivity index (χ4n) is 0.831. The molecule has 0 aliphatic carbocycles. The molecule has 0 aromatic heterocycles. The molecule has 0 aliphatic rings. The molecule has 0 fully saturated rings. The first kappa shape index (κ1) is 10.9. The average molecular weight is 215 g/mol. The maximum absolute atomic E-state index is 10.9. The number of carbonyl (C=O) groups is 1. The minimum Gasteiger partial charge on any atom is -0.287 e. The fourth-order valence-corrected chi connectivity index (χ4v) is 0.957. The summed E-state index contributed by atoms with van der Waals surface area (Å²) in [5, 5.41) is 0.609. The molecule has 1 aromatic rings. The summed E-state index contributed by atoms with van der Waals surface area (Å²) < 4.78 is 0. The highest BCUT2D eigenvalue weighted by atomic mass is 35.5. The van der Waals surface area contributed by atoms with E-state index < -0.39 is 0 Å². The Balaban J connectivity index is 2.38. The van der Waals surface area contributed by atoms with Crippen LogP contribution in [0.2, 0.25) is 5.02 Å². The number of hydrogen-bond acceptors (Lipinski definition) is 3. The van der Waals surface area contributed by atoms with Gasteiger partial charge in [-0.3, -0.25) is 9.78 Å². The van der Waals surface area contributed by atoms with Gasteiger partial charge >= 0.3 is 5.97 Å². The standard InChI is InChI=1S/C10H11ClO3/c1-2-3-10(12)14-13-9-6-4-8(11)5-7-9/h4-7H,2-3H2,1H3. The monoisotopic (exact) mass is 214 g/mol. The van der Waals surface area contributed by atoms with Crippen LogP contribution in [0, 0.1) is 0 Å². The summed E-state index contributed by atoms with van der Waals surface area (Å²) >= 11 is 5.66. The van der Waals surface area contributed by atoms with Crippen molar-refractivity contribution in [3.8, 4) is 5.75 Å². The molecule has 0 aliphatic heterocycles. The van der Waals surface area contributed by atoms with Gasteiger partial charge < -0.3 is 0 Å². The molecular weight excluding hydrogens is 204 g/mol. The van der Waals surface area contributed by atoms with Gasteiger partial charge in [-0.05, 0) is 30.7 Å². The predicted molar refractivity (Wildman–Crippen MR) is 53.1 cm³/mol. The highest BCUT2D eigenvalue weighted by Gasteiger charge is 2.02. The zero-order chi connectivity index (χ0) is 10.4. The van der Waals surface area contributed by atoms with Gasteiger partial charge in [0.05, 0.1) is 0 Å². The van der Waals surface area contributed by atoms with Gasteiger partial charge in [0.25, 0.3) is 0 Å². The van der Waals surface area contributed by atoms with E-state index in [0.29, 0.717) is 17.2 Å². The summed E-state index contributed by atoms with van der Waals surface area (Å²) in [5.74, 6) is 0.0845. The Morgan fingerprint density at radius 1 is 1.36 bits per heavy atom.